The number of para-hydroxylation sites is 1. The van der Waals surface area contributed by atoms with Gasteiger partial charge in [0.1, 0.15) is 5.75 Å². The molecular weight excluding hydrogens is 236 g/mol. The zero-order valence-corrected chi connectivity index (χ0v) is 9.72. The number of halogens is 1. The van der Waals surface area contributed by atoms with Crippen molar-refractivity contribution in [2.75, 3.05) is 5.43 Å². The molecule has 0 aromatic heterocycles. The van der Waals surface area contributed by atoms with Crippen LogP contribution in [0, 0.1) is 0 Å². The molecule has 0 saturated carbocycles. The Balaban J connectivity index is 2.03. The second-order valence-electron chi connectivity index (χ2n) is 3.44. The van der Waals surface area contributed by atoms with E-state index in [9.17, 15) is 0 Å². The average Bonchev–Trinajstić information content (AvgIpc) is 2.34. The van der Waals surface area contributed by atoms with Gasteiger partial charge in [-0.1, -0.05) is 23.7 Å². The van der Waals surface area contributed by atoms with Crippen LogP contribution in [0.1, 0.15) is 5.56 Å². The molecule has 17 heavy (non-hydrogen) atoms. The van der Waals surface area contributed by atoms with Gasteiger partial charge in [-0.3, -0.25) is 5.43 Å². The molecule has 0 spiro atoms. The summed E-state index contributed by atoms with van der Waals surface area (Å²) in [6, 6.07) is 14.1. The first-order valence-corrected chi connectivity index (χ1v) is 5.46. The molecule has 0 saturated heterocycles. The van der Waals surface area contributed by atoms with Crippen LogP contribution in [0.25, 0.3) is 0 Å². The van der Waals surface area contributed by atoms with E-state index in [1.54, 1.807) is 36.5 Å². The van der Waals surface area contributed by atoms with E-state index in [1.165, 1.54) is 0 Å². The van der Waals surface area contributed by atoms with Crippen molar-refractivity contribution in [1.82, 2.24) is 0 Å². The molecule has 0 radical (unpaired) electrons. The highest BCUT2D eigenvalue weighted by Crippen LogP contribution is 2.20. The van der Waals surface area contributed by atoms with Crippen LogP contribution in [0.2, 0.25) is 5.02 Å². The standard InChI is InChI=1S/C13H11ClN2O/c14-12-3-1-2-4-13(12)16-15-9-10-5-7-11(17)8-6-10/h1-9,16-17H. The molecule has 86 valence electrons. The van der Waals surface area contributed by atoms with Crippen molar-refractivity contribution in [3.05, 3.63) is 59.1 Å². The molecule has 2 aromatic rings. The van der Waals surface area contributed by atoms with Gasteiger partial charge >= 0.3 is 0 Å². The first-order valence-electron chi connectivity index (χ1n) is 5.08. The highest BCUT2D eigenvalue weighted by molar-refractivity contribution is 6.33. The summed E-state index contributed by atoms with van der Waals surface area (Å²) in [7, 11) is 0. The maximum absolute atomic E-state index is 9.12. The molecule has 2 N–H and O–H groups in total. The first kappa shape index (κ1) is 11.5. The Morgan fingerprint density at radius 1 is 1.06 bits per heavy atom. The fourth-order valence-electron chi connectivity index (χ4n) is 1.29. The minimum Gasteiger partial charge on any atom is -0.508 e. The molecule has 0 aliphatic carbocycles. The first-order chi connectivity index (χ1) is 8.25. The number of aromatic hydroxyl groups is 1. The summed E-state index contributed by atoms with van der Waals surface area (Å²) in [6.45, 7) is 0. The van der Waals surface area contributed by atoms with Crippen molar-refractivity contribution in [2.45, 2.75) is 0 Å². The van der Waals surface area contributed by atoms with Gasteiger partial charge in [-0.25, -0.2) is 0 Å². The van der Waals surface area contributed by atoms with Gasteiger partial charge in [-0.15, -0.1) is 0 Å². The summed E-state index contributed by atoms with van der Waals surface area (Å²) in [5.74, 6) is 0.237. The maximum atomic E-state index is 9.12. The molecule has 0 fully saturated rings. The summed E-state index contributed by atoms with van der Waals surface area (Å²) < 4.78 is 0. The normalized spacial score (nSPS) is 10.6. The van der Waals surface area contributed by atoms with E-state index in [1.807, 2.05) is 18.2 Å². The van der Waals surface area contributed by atoms with Crippen molar-refractivity contribution < 1.29 is 5.11 Å². The van der Waals surface area contributed by atoms with Crippen LogP contribution in [0.3, 0.4) is 0 Å². The Kier molecular flexibility index (Phi) is 3.62. The van der Waals surface area contributed by atoms with Crippen LogP contribution in [0.4, 0.5) is 5.69 Å². The van der Waals surface area contributed by atoms with Gasteiger partial charge in [0.05, 0.1) is 16.9 Å². The predicted octanol–water partition coefficient (Wildman–Crippen LogP) is 3.49. The molecule has 0 aliphatic heterocycles. The molecule has 0 atom stereocenters. The van der Waals surface area contributed by atoms with E-state index in [0.29, 0.717) is 5.02 Å². The van der Waals surface area contributed by atoms with E-state index in [0.717, 1.165) is 11.3 Å². The third kappa shape index (κ3) is 3.23. The molecular formula is C13H11ClN2O. The Morgan fingerprint density at radius 3 is 2.47 bits per heavy atom. The summed E-state index contributed by atoms with van der Waals surface area (Å²) in [5, 5.41) is 13.8. The Hall–Kier alpha value is -2.00. The van der Waals surface area contributed by atoms with E-state index in [2.05, 4.69) is 10.5 Å². The smallest absolute Gasteiger partial charge is 0.115 e. The number of nitrogens with one attached hydrogen (secondary N) is 1. The molecule has 0 heterocycles. The van der Waals surface area contributed by atoms with E-state index >= 15 is 0 Å². The molecule has 0 bridgehead atoms. The third-order valence-electron chi connectivity index (χ3n) is 2.17. The summed E-state index contributed by atoms with van der Waals surface area (Å²) in [4.78, 5) is 0. The molecule has 3 nitrogen and oxygen atoms in total. The van der Waals surface area contributed by atoms with E-state index in [4.69, 9.17) is 16.7 Å². The lowest BCUT2D eigenvalue weighted by Gasteiger charge is -2.01. The van der Waals surface area contributed by atoms with Crippen LogP contribution in [-0.2, 0) is 0 Å². The Labute approximate surface area is 104 Å². The van der Waals surface area contributed by atoms with Crippen LogP contribution < -0.4 is 5.43 Å². The molecule has 4 heteroatoms. The van der Waals surface area contributed by atoms with Crippen molar-refractivity contribution in [3.8, 4) is 5.75 Å². The maximum Gasteiger partial charge on any atom is 0.115 e. The minimum atomic E-state index is 0.237. The van der Waals surface area contributed by atoms with Crippen LogP contribution in [-0.4, -0.2) is 11.3 Å². The van der Waals surface area contributed by atoms with Crippen molar-refractivity contribution in [3.63, 3.8) is 0 Å². The lowest BCUT2D eigenvalue weighted by molar-refractivity contribution is 0.475. The van der Waals surface area contributed by atoms with Gasteiger partial charge < -0.3 is 5.11 Å². The van der Waals surface area contributed by atoms with E-state index < -0.39 is 0 Å². The highest BCUT2D eigenvalue weighted by atomic mass is 35.5. The quantitative estimate of drug-likeness (QED) is 0.643. The molecule has 2 aromatic carbocycles. The fraction of sp³-hybridized carbons (Fsp3) is 0. The second kappa shape index (κ2) is 5.37. The van der Waals surface area contributed by atoms with Gasteiger partial charge in [0, 0.05) is 0 Å². The molecule has 2 rings (SSSR count). The molecule has 0 amide bonds. The molecule has 0 aliphatic rings. The molecule has 0 unspecified atom stereocenters. The van der Waals surface area contributed by atoms with Crippen molar-refractivity contribution >= 4 is 23.5 Å². The van der Waals surface area contributed by atoms with Gasteiger partial charge in [-0.2, -0.15) is 5.10 Å². The van der Waals surface area contributed by atoms with Gasteiger partial charge in [0.25, 0.3) is 0 Å². The number of hydrogen-bond donors (Lipinski definition) is 2. The topological polar surface area (TPSA) is 44.6 Å². The highest BCUT2D eigenvalue weighted by Gasteiger charge is 1.95. The number of benzene rings is 2. The van der Waals surface area contributed by atoms with Gasteiger partial charge in [0.15, 0.2) is 0 Å². The zero-order valence-electron chi connectivity index (χ0n) is 8.97. The van der Waals surface area contributed by atoms with Crippen LogP contribution in [0.15, 0.2) is 53.6 Å². The van der Waals surface area contributed by atoms with Crippen LogP contribution >= 0.6 is 11.6 Å². The van der Waals surface area contributed by atoms with Gasteiger partial charge in [0.2, 0.25) is 0 Å². The number of anilines is 1. The van der Waals surface area contributed by atoms with Crippen molar-refractivity contribution in [1.29, 1.82) is 0 Å². The number of rotatable bonds is 3. The largest absolute Gasteiger partial charge is 0.508 e. The number of phenolic OH excluding ortho intramolecular Hbond substituents is 1. The number of hydrogen-bond acceptors (Lipinski definition) is 3. The monoisotopic (exact) mass is 246 g/mol. The lowest BCUT2D eigenvalue weighted by atomic mass is 10.2. The summed E-state index contributed by atoms with van der Waals surface area (Å²) in [5.41, 5.74) is 4.50. The van der Waals surface area contributed by atoms with Crippen molar-refractivity contribution in [2.24, 2.45) is 5.10 Å². The number of phenols is 1. The Morgan fingerprint density at radius 2 is 1.76 bits per heavy atom. The van der Waals surface area contributed by atoms with E-state index in [-0.39, 0.29) is 5.75 Å². The predicted molar refractivity (Wildman–Crippen MR) is 70.8 cm³/mol. The second-order valence-corrected chi connectivity index (χ2v) is 3.85. The minimum absolute atomic E-state index is 0.237. The van der Waals surface area contributed by atoms with Gasteiger partial charge in [-0.05, 0) is 42.0 Å². The van der Waals surface area contributed by atoms with Crippen LogP contribution in [0.5, 0.6) is 5.75 Å². The zero-order chi connectivity index (χ0) is 12.1. The lowest BCUT2D eigenvalue weighted by Crippen LogP contribution is -1.90. The number of hydrazone groups is 1. The third-order valence-corrected chi connectivity index (χ3v) is 2.50. The summed E-state index contributed by atoms with van der Waals surface area (Å²) >= 11 is 5.96. The fourth-order valence-corrected chi connectivity index (χ4v) is 1.47. The average molecular weight is 247 g/mol. The SMILES string of the molecule is Oc1ccc(C=NNc2ccccc2Cl)cc1. The summed E-state index contributed by atoms with van der Waals surface area (Å²) in [6.07, 6.45) is 1.66. The Bertz CT molecular complexity index is 523. The number of nitrogens with zero attached hydrogens (tertiary/aromatic N) is 1.